The molecule has 2 aromatic carbocycles. The zero-order valence-corrected chi connectivity index (χ0v) is 17.5. The van der Waals surface area contributed by atoms with Gasteiger partial charge in [-0.15, -0.1) is 0 Å². The van der Waals surface area contributed by atoms with E-state index >= 15 is 0 Å². The highest BCUT2D eigenvalue weighted by molar-refractivity contribution is 5.91. The predicted molar refractivity (Wildman–Crippen MR) is 116 cm³/mol. The van der Waals surface area contributed by atoms with Gasteiger partial charge in [0.15, 0.2) is 0 Å². The Hall–Kier alpha value is -2.62. The highest BCUT2D eigenvalue weighted by atomic mass is 16.3. The quantitative estimate of drug-likeness (QED) is 0.525. The third-order valence-corrected chi connectivity index (χ3v) is 2.84. The number of aryl methyl sites for hydroxylation is 1. The van der Waals surface area contributed by atoms with Gasteiger partial charge in [0.05, 0.1) is 0 Å². The molecule has 0 aliphatic heterocycles. The summed E-state index contributed by atoms with van der Waals surface area (Å²) >= 11 is 0. The maximum atomic E-state index is 9.70. The lowest BCUT2D eigenvalue weighted by Gasteiger charge is -2.05. The fourth-order valence-electron chi connectivity index (χ4n) is 1.90. The van der Waals surface area contributed by atoms with Crippen molar-refractivity contribution in [1.29, 1.82) is 0 Å². The Bertz CT molecular complexity index is 659. The lowest BCUT2D eigenvalue weighted by molar-refractivity contribution is 0.481. The Kier molecular flexibility index (Phi) is 17.0. The number of aromatic nitrogens is 2. The van der Waals surface area contributed by atoms with Crippen LogP contribution in [0.4, 0.5) is 5.69 Å². The van der Waals surface area contributed by atoms with Crippen molar-refractivity contribution in [3.63, 3.8) is 0 Å². The van der Waals surface area contributed by atoms with Crippen LogP contribution in [-0.4, -0.2) is 22.1 Å². The van der Waals surface area contributed by atoms with Gasteiger partial charge in [-0.05, 0) is 48.2 Å². The second kappa shape index (κ2) is 17.2. The Morgan fingerprint density at radius 2 is 1.42 bits per heavy atom. The van der Waals surface area contributed by atoms with E-state index in [1.807, 2.05) is 73.7 Å². The van der Waals surface area contributed by atoms with Crippen LogP contribution in [0.15, 0.2) is 55.1 Å². The molecule has 0 amide bonds. The molecule has 0 aliphatic carbocycles. The Morgan fingerprint density at radius 3 is 1.85 bits per heavy atom. The SMILES string of the molecule is CC.CC.CC.CNc1ccc2c(O)cc(C)cc2c1.c1cncnc1. The van der Waals surface area contributed by atoms with E-state index in [1.54, 1.807) is 24.5 Å². The molecule has 0 unspecified atom stereocenters. The Labute approximate surface area is 159 Å². The van der Waals surface area contributed by atoms with Crippen molar-refractivity contribution in [3.8, 4) is 5.75 Å². The molecule has 4 nitrogen and oxygen atoms in total. The monoisotopic (exact) mass is 357 g/mol. The second-order valence-corrected chi connectivity index (χ2v) is 4.37. The molecule has 1 heterocycles. The van der Waals surface area contributed by atoms with E-state index in [4.69, 9.17) is 0 Å². The number of nitrogens with one attached hydrogen (secondary N) is 1. The first-order chi connectivity index (χ1) is 12.7. The number of phenols is 1. The zero-order chi connectivity index (χ0) is 20.4. The summed E-state index contributed by atoms with van der Waals surface area (Å²) in [6.45, 7) is 14.0. The van der Waals surface area contributed by atoms with Crippen LogP contribution in [0.5, 0.6) is 5.75 Å². The molecular weight excluding hydrogens is 322 g/mol. The smallest absolute Gasteiger partial charge is 0.123 e. The first kappa shape index (κ1) is 25.6. The van der Waals surface area contributed by atoms with Crippen molar-refractivity contribution in [1.82, 2.24) is 9.97 Å². The molecule has 3 aromatic rings. The lowest BCUT2D eigenvalue weighted by atomic mass is 10.1. The van der Waals surface area contributed by atoms with E-state index in [9.17, 15) is 5.11 Å². The molecule has 0 spiro atoms. The van der Waals surface area contributed by atoms with Gasteiger partial charge in [0.25, 0.3) is 0 Å². The topological polar surface area (TPSA) is 58.0 Å². The number of benzene rings is 2. The molecule has 0 bridgehead atoms. The molecule has 4 heteroatoms. The van der Waals surface area contributed by atoms with Crippen molar-refractivity contribution in [2.45, 2.75) is 48.5 Å². The van der Waals surface area contributed by atoms with Crippen molar-refractivity contribution in [3.05, 3.63) is 60.7 Å². The van der Waals surface area contributed by atoms with Gasteiger partial charge in [-0.1, -0.05) is 47.6 Å². The van der Waals surface area contributed by atoms with E-state index in [1.165, 1.54) is 6.33 Å². The van der Waals surface area contributed by atoms with E-state index in [0.29, 0.717) is 5.75 Å². The van der Waals surface area contributed by atoms with E-state index in [0.717, 1.165) is 22.0 Å². The van der Waals surface area contributed by atoms with Crippen LogP contribution in [0.1, 0.15) is 47.1 Å². The summed E-state index contributed by atoms with van der Waals surface area (Å²) in [4.78, 5) is 7.35. The maximum Gasteiger partial charge on any atom is 0.123 e. The fraction of sp³-hybridized carbons (Fsp3) is 0.364. The molecule has 0 saturated heterocycles. The van der Waals surface area contributed by atoms with E-state index < -0.39 is 0 Å². The molecule has 1 aromatic heterocycles. The maximum absolute atomic E-state index is 9.70. The minimum Gasteiger partial charge on any atom is -0.507 e. The third kappa shape index (κ3) is 9.62. The van der Waals surface area contributed by atoms with E-state index in [-0.39, 0.29) is 0 Å². The molecule has 3 rings (SSSR count). The van der Waals surface area contributed by atoms with Crippen LogP contribution in [0, 0.1) is 6.92 Å². The van der Waals surface area contributed by atoms with Gasteiger partial charge in [-0.25, -0.2) is 9.97 Å². The number of rotatable bonds is 1. The molecule has 26 heavy (non-hydrogen) atoms. The second-order valence-electron chi connectivity index (χ2n) is 4.37. The first-order valence-electron chi connectivity index (χ1n) is 9.32. The number of nitrogens with zero attached hydrogens (tertiary/aromatic N) is 2. The summed E-state index contributed by atoms with van der Waals surface area (Å²) < 4.78 is 0. The van der Waals surface area contributed by atoms with Gasteiger partial charge in [0.1, 0.15) is 12.1 Å². The van der Waals surface area contributed by atoms with Crippen LogP contribution in [-0.2, 0) is 0 Å². The molecule has 0 fully saturated rings. The average molecular weight is 358 g/mol. The van der Waals surface area contributed by atoms with E-state index in [2.05, 4.69) is 21.4 Å². The summed E-state index contributed by atoms with van der Waals surface area (Å²) in [6.07, 6.45) is 4.88. The van der Waals surface area contributed by atoms with Crippen LogP contribution >= 0.6 is 0 Å². The largest absolute Gasteiger partial charge is 0.507 e. The average Bonchev–Trinajstić information content (AvgIpc) is 2.73. The molecular formula is C22H35N3O. The van der Waals surface area contributed by atoms with Crippen LogP contribution < -0.4 is 5.32 Å². The first-order valence-corrected chi connectivity index (χ1v) is 9.32. The number of hydrogen-bond donors (Lipinski definition) is 2. The number of aromatic hydroxyl groups is 1. The van der Waals surface area contributed by atoms with Gasteiger partial charge in [-0.3, -0.25) is 0 Å². The third-order valence-electron chi connectivity index (χ3n) is 2.84. The van der Waals surface area contributed by atoms with Gasteiger partial charge in [-0.2, -0.15) is 0 Å². The molecule has 0 saturated carbocycles. The summed E-state index contributed by atoms with van der Waals surface area (Å²) in [7, 11) is 1.89. The summed E-state index contributed by atoms with van der Waals surface area (Å²) in [5, 5.41) is 14.7. The minimum absolute atomic E-state index is 0.350. The minimum atomic E-state index is 0.350. The number of hydrogen-bond acceptors (Lipinski definition) is 4. The zero-order valence-electron chi connectivity index (χ0n) is 17.5. The lowest BCUT2D eigenvalue weighted by Crippen LogP contribution is -1.87. The Balaban J connectivity index is 0. The van der Waals surface area contributed by atoms with Gasteiger partial charge in [0, 0.05) is 30.5 Å². The number of fused-ring (bicyclic) bond motifs is 1. The van der Waals surface area contributed by atoms with Crippen molar-refractivity contribution < 1.29 is 5.11 Å². The normalized spacial score (nSPS) is 8.15. The molecule has 0 aliphatic rings. The van der Waals surface area contributed by atoms with Crippen LogP contribution in [0.3, 0.4) is 0 Å². The standard InChI is InChI=1S/C12H13NO.C4H4N2.3C2H6/c1-8-5-9-7-10(13-2)3-4-11(9)12(14)6-8;1-2-5-4-6-3-1;3*1-2/h3-7,13-14H,1-2H3;1-4H;3*1-2H3. The van der Waals surface area contributed by atoms with Gasteiger partial charge >= 0.3 is 0 Å². The van der Waals surface area contributed by atoms with Gasteiger partial charge < -0.3 is 10.4 Å². The van der Waals surface area contributed by atoms with Crippen molar-refractivity contribution in [2.24, 2.45) is 0 Å². The molecule has 0 atom stereocenters. The van der Waals surface area contributed by atoms with Gasteiger partial charge in [0.2, 0.25) is 0 Å². The van der Waals surface area contributed by atoms with Crippen LogP contribution in [0.2, 0.25) is 0 Å². The molecule has 0 radical (unpaired) electrons. The summed E-state index contributed by atoms with van der Waals surface area (Å²) in [5.41, 5.74) is 2.13. The predicted octanol–water partition coefficient (Wildman–Crippen LogP) is 6.45. The molecule has 144 valence electrons. The van der Waals surface area contributed by atoms with Crippen LogP contribution in [0.25, 0.3) is 10.8 Å². The summed E-state index contributed by atoms with van der Waals surface area (Å²) in [5.74, 6) is 0.350. The highest BCUT2D eigenvalue weighted by Gasteiger charge is 2.01. The summed E-state index contributed by atoms with van der Waals surface area (Å²) in [6, 6.07) is 11.5. The number of anilines is 1. The molecule has 2 N–H and O–H groups in total. The number of phenolic OH excluding ortho intramolecular Hbond substituents is 1. The fourth-order valence-corrected chi connectivity index (χ4v) is 1.90. The van der Waals surface area contributed by atoms with Crippen molar-refractivity contribution in [2.75, 3.05) is 12.4 Å². The highest BCUT2D eigenvalue weighted by Crippen LogP contribution is 2.28. The Morgan fingerprint density at radius 1 is 0.846 bits per heavy atom. The van der Waals surface area contributed by atoms with Crippen molar-refractivity contribution >= 4 is 16.5 Å².